The van der Waals surface area contributed by atoms with Gasteiger partial charge in [0, 0.05) is 0 Å². The van der Waals surface area contributed by atoms with Crippen molar-refractivity contribution >= 4 is 27.5 Å². The topological polar surface area (TPSA) is 49.3 Å². The fourth-order valence-corrected chi connectivity index (χ4v) is 1.24. The molecule has 2 N–H and O–H groups in total. The second kappa shape index (κ2) is 4.28. The first kappa shape index (κ1) is 12.1. The van der Waals surface area contributed by atoms with Crippen molar-refractivity contribution in [3.63, 3.8) is 0 Å². The summed E-state index contributed by atoms with van der Waals surface area (Å²) in [4.78, 5) is 11.4. The van der Waals surface area contributed by atoms with Crippen LogP contribution in [0.5, 0.6) is 0 Å². The molecule has 0 bridgehead atoms. The molecule has 0 saturated heterocycles. The second-order valence-corrected chi connectivity index (χ2v) is 4.47. The first-order valence-electron chi connectivity index (χ1n) is 4.30. The van der Waals surface area contributed by atoms with E-state index in [1.807, 2.05) is 0 Å². The molecule has 82 valence electrons. The van der Waals surface area contributed by atoms with Crippen LogP contribution in [0.25, 0.3) is 0 Å². The van der Waals surface area contributed by atoms with Crippen LogP contribution in [0.3, 0.4) is 0 Å². The van der Waals surface area contributed by atoms with Gasteiger partial charge in [-0.3, -0.25) is 4.79 Å². The lowest BCUT2D eigenvalue weighted by Gasteiger charge is -2.17. The van der Waals surface area contributed by atoms with Gasteiger partial charge in [0.25, 0.3) is 5.91 Å². The zero-order valence-corrected chi connectivity index (χ0v) is 9.93. The van der Waals surface area contributed by atoms with E-state index in [4.69, 9.17) is 0 Å². The van der Waals surface area contributed by atoms with Crippen LogP contribution in [0, 0.1) is 5.82 Å². The lowest BCUT2D eigenvalue weighted by Crippen LogP contribution is -2.36. The summed E-state index contributed by atoms with van der Waals surface area (Å²) in [6, 6.07) is 4.53. The molecule has 15 heavy (non-hydrogen) atoms. The highest BCUT2D eigenvalue weighted by Crippen LogP contribution is 2.23. The molecule has 1 aromatic carbocycles. The van der Waals surface area contributed by atoms with Crippen LogP contribution in [0.2, 0.25) is 0 Å². The summed E-state index contributed by atoms with van der Waals surface area (Å²) < 4.78 is 13.7. The summed E-state index contributed by atoms with van der Waals surface area (Å²) in [6.45, 7) is 2.66. The molecular weight excluding hydrogens is 265 g/mol. The number of hydrogen-bond acceptors (Lipinski definition) is 2. The van der Waals surface area contributed by atoms with Gasteiger partial charge in [-0.1, -0.05) is 6.07 Å². The molecule has 0 atom stereocenters. The SMILES string of the molecule is CC(C)(O)C(=O)Nc1cccc(Br)c1F. The van der Waals surface area contributed by atoms with E-state index in [9.17, 15) is 14.3 Å². The minimum atomic E-state index is -1.53. The second-order valence-electron chi connectivity index (χ2n) is 3.61. The van der Waals surface area contributed by atoms with Crippen molar-refractivity contribution in [3.8, 4) is 0 Å². The molecule has 0 aliphatic heterocycles. The number of nitrogens with one attached hydrogen (secondary N) is 1. The Morgan fingerprint density at radius 2 is 2.13 bits per heavy atom. The van der Waals surface area contributed by atoms with Crippen LogP contribution in [0.1, 0.15) is 13.8 Å². The van der Waals surface area contributed by atoms with Gasteiger partial charge in [0.2, 0.25) is 0 Å². The highest BCUT2D eigenvalue weighted by atomic mass is 79.9. The van der Waals surface area contributed by atoms with Crippen molar-refractivity contribution in [3.05, 3.63) is 28.5 Å². The van der Waals surface area contributed by atoms with Crippen LogP contribution < -0.4 is 5.32 Å². The number of anilines is 1. The largest absolute Gasteiger partial charge is 0.381 e. The zero-order valence-electron chi connectivity index (χ0n) is 8.34. The first-order valence-corrected chi connectivity index (χ1v) is 5.09. The lowest BCUT2D eigenvalue weighted by molar-refractivity contribution is -0.130. The summed E-state index contributed by atoms with van der Waals surface area (Å²) in [5, 5.41) is 11.7. The molecule has 0 spiro atoms. The monoisotopic (exact) mass is 275 g/mol. The number of rotatable bonds is 2. The molecular formula is C10H11BrFNO2. The van der Waals surface area contributed by atoms with Gasteiger partial charge in [0.1, 0.15) is 5.60 Å². The Bertz CT molecular complexity index is 387. The lowest BCUT2D eigenvalue weighted by atomic mass is 10.1. The number of carbonyl (C=O) groups excluding carboxylic acids is 1. The van der Waals surface area contributed by atoms with E-state index in [-0.39, 0.29) is 10.2 Å². The van der Waals surface area contributed by atoms with E-state index in [0.29, 0.717) is 0 Å². The van der Waals surface area contributed by atoms with Gasteiger partial charge in [0.05, 0.1) is 10.2 Å². The Hall–Kier alpha value is -0.940. The van der Waals surface area contributed by atoms with Crippen molar-refractivity contribution < 1.29 is 14.3 Å². The highest BCUT2D eigenvalue weighted by molar-refractivity contribution is 9.10. The van der Waals surface area contributed by atoms with E-state index in [1.165, 1.54) is 26.0 Å². The van der Waals surface area contributed by atoms with Gasteiger partial charge in [-0.05, 0) is 41.9 Å². The highest BCUT2D eigenvalue weighted by Gasteiger charge is 2.24. The fraction of sp³-hybridized carbons (Fsp3) is 0.300. The number of amides is 1. The van der Waals surface area contributed by atoms with Crippen molar-refractivity contribution in [2.45, 2.75) is 19.4 Å². The van der Waals surface area contributed by atoms with E-state index >= 15 is 0 Å². The van der Waals surface area contributed by atoms with Crippen molar-refractivity contribution in [1.82, 2.24) is 0 Å². The summed E-state index contributed by atoms with van der Waals surface area (Å²) in [5.41, 5.74) is -1.49. The first-order chi connectivity index (χ1) is 6.82. The number of halogens is 2. The third-order valence-electron chi connectivity index (χ3n) is 1.76. The van der Waals surface area contributed by atoms with Gasteiger partial charge in [-0.25, -0.2) is 4.39 Å². The van der Waals surface area contributed by atoms with Crippen LogP contribution in [0.15, 0.2) is 22.7 Å². The zero-order chi connectivity index (χ0) is 11.6. The van der Waals surface area contributed by atoms with Crippen molar-refractivity contribution in [1.29, 1.82) is 0 Å². The maximum Gasteiger partial charge on any atom is 0.255 e. The molecule has 0 heterocycles. The van der Waals surface area contributed by atoms with Crippen molar-refractivity contribution in [2.24, 2.45) is 0 Å². The Labute approximate surface area is 95.4 Å². The van der Waals surface area contributed by atoms with E-state index < -0.39 is 17.3 Å². The molecule has 1 aromatic rings. The van der Waals surface area contributed by atoms with Gasteiger partial charge in [-0.2, -0.15) is 0 Å². The van der Waals surface area contributed by atoms with Crippen molar-refractivity contribution in [2.75, 3.05) is 5.32 Å². The normalized spacial score (nSPS) is 11.3. The smallest absolute Gasteiger partial charge is 0.255 e. The summed E-state index contributed by atoms with van der Waals surface area (Å²) >= 11 is 3.00. The van der Waals surface area contributed by atoms with Crippen LogP contribution in [0.4, 0.5) is 10.1 Å². The molecule has 1 rings (SSSR count). The quantitative estimate of drug-likeness (QED) is 0.870. The molecule has 5 heteroatoms. The van der Waals surface area contributed by atoms with Crippen LogP contribution in [-0.4, -0.2) is 16.6 Å². The molecule has 0 radical (unpaired) electrons. The van der Waals surface area contributed by atoms with Crippen LogP contribution >= 0.6 is 15.9 Å². The third-order valence-corrected chi connectivity index (χ3v) is 2.37. The molecule has 0 fully saturated rings. The minimum Gasteiger partial charge on any atom is -0.381 e. The number of carbonyl (C=O) groups is 1. The molecule has 0 unspecified atom stereocenters. The Balaban J connectivity index is 2.91. The molecule has 0 aliphatic carbocycles. The maximum absolute atomic E-state index is 13.4. The Morgan fingerprint density at radius 1 is 1.53 bits per heavy atom. The van der Waals surface area contributed by atoms with Gasteiger partial charge >= 0.3 is 0 Å². The molecule has 0 saturated carbocycles. The van der Waals surface area contributed by atoms with Gasteiger partial charge in [0.15, 0.2) is 5.82 Å². The van der Waals surface area contributed by atoms with Crippen LogP contribution in [-0.2, 0) is 4.79 Å². The average molecular weight is 276 g/mol. The predicted molar refractivity (Wildman–Crippen MR) is 59.0 cm³/mol. The predicted octanol–water partition coefficient (Wildman–Crippen LogP) is 2.30. The van der Waals surface area contributed by atoms with Gasteiger partial charge < -0.3 is 10.4 Å². The minimum absolute atomic E-state index is 0.0384. The van der Waals surface area contributed by atoms with Gasteiger partial charge in [-0.15, -0.1) is 0 Å². The Morgan fingerprint density at radius 3 is 2.67 bits per heavy atom. The Kier molecular flexibility index (Phi) is 3.46. The number of aliphatic hydroxyl groups is 1. The van der Waals surface area contributed by atoms with E-state index in [0.717, 1.165) is 0 Å². The van der Waals surface area contributed by atoms with E-state index in [2.05, 4.69) is 21.2 Å². The summed E-state index contributed by atoms with van der Waals surface area (Å²) in [6.07, 6.45) is 0. The third kappa shape index (κ3) is 3.00. The fourth-order valence-electron chi connectivity index (χ4n) is 0.876. The summed E-state index contributed by atoms with van der Waals surface area (Å²) in [7, 11) is 0. The average Bonchev–Trinajstić information content (AvgIpc) is 2.11. The molecule has 1 amide bonds. The maximum atomic E-state index is 13.4. The number of benzene rings is 1. The number of hydrogen-bond donors (Lipinski definition) is 2. The molecule has 3 nitrogen and oxygen atoms in total. The molecule has 0 aromatic heterocycles. The van der Waals surface area contributed by atoms with E-state index in [1.54, 1.807) is 6.07 Å². The summed E-state index contributed by atoms with van der Waals surface area (Å²) in [5.74, 6) is -1.21. The standard InChI is InChI=1S/C10H11BrFNO2/c1-10(2,15)9(14)13-7-5-3-4-6(11)8(7)12/h3-5,15H,1-2H3,(H,13,14). The molecule has 0 aliphatic rings.